The fraction of sp³-hybridized carbons (Fsp3) is 0.412. The van der Waals surface area contributed by atoms with Crippen molar-refractivity contribution in [2.45, 2.75) is 25.9 Å². The number of nitrogens with zero attached hydrogens (tertiary/aromatic N) is 3. The predicted molar refractivity (Wildman–Crippen MR) is 96.0 cm³/mol. The first-order chi connectivity index (χ1) is 11.4. The van der Waals surface area contributed by atoms with Gasteiger partial charge in [0, 0.05) is 25.8 Å². The highest BCUT2D eigenvalue weighted by atomic mass is 32.2. The van der Waals surface area contributed by atoms with Crippen LogP contribution >= 0.6 is 0 Å². The minimum atomic E-state index is -2.92. The zero-order valence-electron chi connectivity index (χ0n) is 13.9. The molecule has 1 aromatic carbocycles. The number of aromatic nitrogens is 2. The number of sulfone groups is 1. The summed E-state index contributed by atoms with van der Waals surface area (Å²) in [5.74, 6) is 1.70. The lowest BCUT2D eigenvalue weighted by Gasteiger charge is -2.23. The summed E-state index contributed by atoms with van der Waals surface area (Å²) in [5.41, 5.74) is 2.41. The molecule has 128 valence electrons. The Morgan fingerprint density at radius 1 is 1.25 bits per heavy atom. The molecule has 0 amide bonds. The summed E-state index contributed by atoms with van der Waals surface area (Å²) in [5, 5.41) is 3.29. The van der Waals surface area contributed by atoms with Crippen LogP contribution in [0.25, 0.3) is 0 Å². The van der Waals surface area contributed by atoms with Crippen LogP contribution in [-0.4, -0.2) is 43.0 Å². The first kappa shape index (κ1) is 16.7. The standard InChI is InChI=1S/C17H22N4O2S/c1-13-3-5-14(6-4-13)11-19-16-7-9-18-17(20-16)21(2)15-8-10-24(22,23)12-15/h3-7,9,15H,8,10-12H2,1-2H3,(H,18,19,20). The van der Waals surface area contributed by atoms with Crippen molar-refractivity contribution in [3.63, 3.8) is 0 Å². The third-order valence-electron chi connectivity index (χ3n) is 4.31. The predicted octanol–water partition coefficient (Wildman–Crippen LogP) is 2.02. The third kappa shape index (κ3) is 4.03. The molecule has 1 aliphatic heterocycles. The topological polar surface area (TPSA) is 75.2 Å². The Balaban J connectivity index is 1.66. The Bertz CT molecular complexity index is 806. The van der Waals surface area contributed by atoms with Gasteiger partial charge in [-0.2, -0.15) is 4.98 Å². The van der Waals surface area contributed by atoms with Gasteiger partial charge in [-0.05, 0) is 25.0 Å². The Kier molecular flexibility index (Phi) is 4.71. The molecule has 1 saturated heterocycles. The number of benzene rings is 1. The molecule has 2 heterocycles. The highest BCUT2D eigenvalue weighted by Gasteiger charge is 2.31. The number of aryl methyl sites for hydroxylation is 1. The average Bonchev–Trinajstić information content (AvgIpc) is 2.94. The van der Waals surface area contributed by atoms with E-state index >= 15 is 0 Å². The first-order valence-electron chi connectivity index (χ1n) is 7.99. The van der Waals surface area contributed by atoms with Gasteiger partial charge < -0.3 is 10.2 Å². The van der Waals surface area contributed by atoms with Crippen molar-refractivity contribution in [1.82, 2.24) is 9.97 Å². The van der Waals surface area contributed by atoms with E-state index in [4.69, 9.17) is 0 Å². The molecule has 7 heteroatoms. The van der Waals surface area contributed by atoms with Crippen molar-refractivity contribution >= 4 is 21.6 Å². The molecule has 0 spiro atoms. The molecule has 3 rings (SSSR count). The summed E-state index contributed by atoms with van der Waals surface area (Å²) in [6.07, 6.45) is 2.32. The maximum Gasteiger partial charge on any atom is 0.227 e. The monoisotopic (exact) mass is 346 g/mol. The van der Waals surface area contributed by atoms with Crippen LogP contribution in [0.5, 0.6) is 0 Å². The van der Waals surface area contributed by atoms with E-state index < -0.39 is 9.84 Å². The summed E-state index contributed by atoms with van der Waals surface area (Å²) in [7, 11) is -1.07. The van der Waals surface area contributed by atoms with Crippen molar-refractivity contribution in [2.24, 2.45) is 0 Å². The van der Waals surface area contributed by atoms with Crippen LogP contribution in [0.1, 0.15) is 17.5 Å². The highest BCUT2D eigenvalue weighted by molar-refractivity contribution is 7.91. The minimum absolute atomic E-state index is 0.0534. The van der Waals surface area contributed by atoms with Crippen molar-refractivity contribution in [2.75, 3.05) is 28.8 Å². The second-order valence-electron chi connectivity index (χ2n) is 6.25. The lowest BCUT2D eigenvalue weighted by Crippen LogP contribution is -2.33. The van der Waals surface area contributed by atoms with Crippen LogP contribution in [0.15, 0.2) is 36.5 Å². The van der Waals surface area contributed by atoms with Crippen molar-refractivity contribution in [1.29, 1.82) is 0 Å². The Morgan fingerprint density at radius 2 is 2.00 bits per heavy atom. The normalized spacial score (nSPS) is 19.2. The van der Waals surface area contributed by atoms with Crippen LogP contribution < -0.4 is 10.2 Å². The molecule has 1 aromatic heterocycles. The number of rotatable bonds is 5. The SMILES string of the molecule is Cc1ccc(CNc2ccnc(N(C)C3CCS(=O)(=O)C3)n2)cc1. The van der Waals surface area contributed by atoms with Gasteiger partial charge in [0.2, 0.25) is 5.95 Å². The fourth-order valence-corrected chi connectivity index (χ4v) is 4.53. The van der Waals surface area contributed by atoms with Crippen LogP contribution in [0.3, 0.4) is 0 Å². The first-order valence-corrected chi connectivity index (χ1v) is 9.81. The van der Waals surface area contributed by atoms with Crippen molar-refractivity contribution < 1.29 is 8.42 Å². The van der Waals surface area contributed by atoms with E-state index in [0.717, 1.165) is 5.82 Å². The number of anilines is 2. The van der Waals surface area contributed by atoms with E-state index in [0.29, 0.717) is 18.9 Å². The molecule has 0 aliphatic carbocycles. The summed E-state index contributed by atoms with van der Waals surface area (Å²) >= 11 is 0. The summed E-state index contributed by atoms with van der Waals surface area (Å²) < 4.78 is 23.3. The molecular formula is C17H22N4O2S. The van der Waals surface area contributed by atoms with Crippen LogP contribution in [-0.2, 0) is 16.4 Å². The summed E-state index contributed by atoms with van der Waals surface area (Å²) in [4.78, 5) is 10.6. The molecule has 24 heavy (non-hydrogen) atoms. The molecule has 2 aromatic rings. The van der Waals surface area contributed by atoms with Gasteiger partial charge in [0.25, 0.3) is 0 Å². The molecule has 1 aliphatic rings. The van der Waals surface area contributed by atoms with Crippen molar-refractivity contribution in [3.05, 3.63) is 47.7 Å². The maximum atomic E-state index is 11.6. The molecule has 1 atom stereocenters. The minimum Gasteiger partial charge on any atom is -0.366 e. The molecule has 6 nitrogen and oxygen atoms in total. The van der Waals surface area contributed by atoms with Gasteiger partial charge in [0.1, 0.15) is 5.82 Å². The summed E-state index contributed by atoms with van der Waals surface area (Å²) in [6.45, 7) is 2.74. The largest absolute Gasteiger partial charge is 0.366 e. The fourth-order valence-electron chi connectivity index (χ4n) is 2.76. The molecule has 0 bridgehead atoms. The Labute approximate surface area is 142 Å². The quantitative estimate of drug-likeness (QED) is 0.893. The van der Waals surface area contributed by atoms with E-state index in [1.54, 1.807) is 6.20 Å². The van der Waals surface area contributed by atoms with Gasteiger partial charge >= 0.3 is 0 Å². The van der Waals surface area contributed by atoms with E-state index in [1.165, 1.54) is 11.1 Å². The van der Waals surface area contributed by atoms with Gasteiger partial charge in [-0.15, -0.1) is 0 Å². The van der Waals surface area contributed by atoms with E-state index in [2.05, 4.69) is 46.5 Å². The zero-order chi connectivity index (χ0) is 17.2. The average molecular weight is 346 g/mol. The maximum absolute atomic E-state index is 11.6. The van der Waals surface area contributed by atoms with Crippen LogP contribution in [0.2, 0.25) is 0 Å². The van der Waals surface area contributed by atoms with Gasteiger partial charge in [0.15, 0.2) is 9.84 Å². The second kappa shape index (κ2) is 6.76. The van der Waals surface area contributed by atoms with E-state index in [-0.39, 0.29) is 17.5 Å². The number of hydrogen-bond acceptors (Lipinski definition) is 6. The van der Waals surface area contributed by atoms with Gasteiger partial charge in [-0.1, -0.05) is 29.8 Å². The molecule has 0 saturated carbocycles. The van der Waals surface area contributed by atoms with Crippen LogP contribution in [0, 0.1) is 6.92 Å². The third-order valence-corrected chi connectivity index (χ3v) is 6.06. The number of nitrogens with one attached hydrogen (secondary N) is 1. The highest BCUT2D eigenvalue weighted by Crippen LogP contribution is 2.21. The Morgan fingerprint density at radius 3 is 2.67 bits per heavy atom. The van der Waals surface area contributed by atoms with E-state index in [1.807, 2.05) is 18.0 Å². The second-order valence-corrected chi connectivity index (χ2v) is 8.48. The molecule has 1 N–H and O–H groups in total. The van der Waals surface area contributed by atoms with Crippen molar-refractivity contribution in [3.8, 4) is 0 Å². The molecule has 0 radical (unpaired) electrons. The smallest absolute Gasteiger partial charge is 0.227 e. The Hall–Kier alpha value is -2.15. The zero-order valence-corrected chi connectivity index (χ0v) is 14.8. The van der Waals surface area contributed by atoms with Gasteiger partial charge in [0.05, 0.1) is 11.5 Å². The van der Waals surface area contributed by atoms with Crippen LogP contribution in [0.4, 0.5) is 11.8 Å². The van der Waals surface area contributed by atoms with Gasteiger partial charge in [-0.3, -0.25) is 0 Å². The van der Waals surface area contributed by atoms with E-state index in [9.17, 15) is 8.42 Å². The van der Waals surface area contributed by atoms with Gasteiger partial charge in [-0.25, -0.2) is 13.4 Å². The molecular weight excluding hydrogens is 324 g/mol. The number of hydrogen-bond donors (Lipinski definition) is 1. The molecule has 1 fully saturated rings. The lowest BCUT2D eigenvalue weighted by molar-refractivity contribution is 0.600. The molecule has 1 unspecified atom stereocenters. The lowest BCUT2D eigenvalue weighted by atomic mass is 10.1. The summed E-state index contributed by atoms with van der Waals surface area (Å²) in [6, 6.07) is 10.1.